The summed E-state index contributed by atoms with van der Waals surface area (Å²) in [6.45, 7) is 1.36. The van der Waals surface area contributed by atoms with Crippen LogP contribution in [0.1, 0.15) is 22.5 Å². The van der Waals surface area contributed by atoms with Crippen LogP contribution in [0.3, 0.4) is 0 Å². The highest BCUT2D eigenvalue weighted by atomic mass is 35.5. The van der Waals surface area contributed by atoms with E-state index in [0.717, 1.165) is 39.7 Å². The van der Waals surface area contributed by atoms with Crippen LogP contribution in [0.15, 0.2) is 36.4 Å². The number of nitrogens with two attached hydrogens (primary N) is 1. The van der Waals surface area contributed by atoms with Gasteiger partial charge in [0.25, 0.3) is 5.91 Å². The Hall–Kier alpha value is -1.47. The van der Waals surface area contributed by atoms with Gasteiger partial charge in [-0.2, -0.15) is 0 Å². The number of nitrogens with zero attached hydrogens (tertiary/aromatic N) is 2. The van der Waals surface area contributed by atoms with Crippen molar-refractivity contribution in [3.63, 3.8) is 0 Å². The van der Waals surface area contributed by atoms with Gasteiger partial charge in [0.15, 0.2) is 0 Å². The van der Waals surface area contributed by atoms with Gasteiger partial charge in [0.2, 0.25) is 0 Å². The highest BCUT2D eigenvalue weighted by Crippen LogP contribution is 2.35. The number of rotatable bonds is 3. The molecule has 24 heavy (non-hydrogen) atoms. The van der Waals surface area contributed by atoms with Crippen LogP contribution in [-0.4, -0.2) is 34.9 Å². The largest absolute Gasteiger partial charge is 0.334 e. The molecule has 126 valence electrons. The molecule has 3 aromatic rings. The summed E-state index contributed by atoms with van der Waals surface area (Å²) >= 11 is 3.19. The number of carbonyl (C=O) groups is 1. The van der Waals surface area contributed by atoms with Crippen molar-refractivity contribution in [1.82, 2.24) is 9.88 Å². The summed E-state index contributed by atoms with van der Waals surface area (Å²) in [5, 5.41) is 0.979. The fourth-order valence-corrected chi connectivity index (χ4v) is 5.02. The molecule has 7 heteroatoms. The Kier molecular flexibility index (Phi) is 5.20. The number of fused-ring (bicyclic) bond motifs is 1. The van der Waals surface area contributed by atoms with E-state index in [1.54, 1.807) is 11.3 Å². The summed E-state index contributed by atoms with van der Waals surface area (Å²) < 4.78 is 1.17. The summed E-state index contributed by atoms with van der Waals surface area (Å²) in [5.41, 5.74) is 6.79. The molecule has 0 bridgehead atoms. The number of thiazole rings is 1. The molecule has 0 saturated carbocycles. The molecule has 3 heterocycles. The molecule has 1 aliphatic rings. The quantitative estimate of drug-likeness (QED) is 0.747. The maximum Gasteiger partial charge on any atom is 0.264 e. The maximum atomic E-state index is 12.7. The van der Waals surface area contributed by atoms with E-state index in [2.05, 4.69) is 11.1 Å². The first-order chi connectivity index (χ1) is 11.3. The molecule has 2 N–H and O–H groups in total. The number of hydrogen-bond donors (Lipinski definition) is 1. The number of aromatic nitrogens is 1. The molecule has 1 aliphatic heterocycles. The summed E-state index contributed by atoms with van der Waals surface area (Å²) in [5.74, 6) is 0.107. The average Bonchev–Trinajstić information content (AvgIpc) is 3.30. The summed E-state index contributed by atoms with van der Waals surface area (Å²) in [6.07, 6.45) is 2.06. The van der Waals surface area contributed by atoms with Crippen molar-refractivity contribution in [2.75, 3.05) is 13.1 Å². The van der Waals surface area contributed by atoms with Crippen molar-refractivity contribution in [3.8, 4) is 9.88 Å². The third-order valence-corrected chi connectivity index (χ3v) is 6.51. The molecular weight excluding hydrogens is 362 g/mol. The fourth-order valence-electron chi connectivity index (χ4n) is 3.04. The Bertz CT molecular complexity index is 827. The van der Waals surface area contributed by atoms with Crippen molar-refractivity contribution >= 4 is 51.2 Å². The van der Waals surface area contributed by atoms with E-state index in [-0.39, 0.29) is 24.4 Å². The van der Waals surface area contributed by atoms with Crippen LogP contribution in [0.25, 0.3) is 20.1 Å². The second-order valence-electron chi connectivity index (χ2n) is 5.68. The van der Waals surface area contributed by atoms with Gasteiger partial charge in [0.1, 0.15) is 5.01 Å². The molecule has 1 atom stereocenters. The van der Waals surface area contributed by atoms with Crippen LogP contribution in [-0.2, 0) is 0 Å². The zero-order chi connectivity index (χ0) is 15.8. The third-order valence-electron chi connectivity index (χ3n) is 4.23. The third kappa shape index (κ3) is 3.07. The van der Waals surface area contributed by atoms with Crippen LogP contribution in [0.4, 0.5) is 0 Å². The van der Waals surface area contributed by atoms with Crippen molar-refractivity contribution in [2.24, 2.45) is 5.73 Å². The van der Waals surface area contributed by atoms with Gasteiger partial charge in [-0.25, -0.2) is 4.98 Å². The van der Waals surface area contributed by atoms with E-state index in [1.165, 1.54) is 16.0 Å². The zero-order valence-electron chi connectivity index (χ0n) is 13.0. The number of halogens is 1. The second-order valence-corrected chi connectivity index (χ2v) is 7.80. The van der Waals surface area contributed by atoms with Gasteiger partial charge >= 0.3 is 0 Å². The lowest BCUT2D eigenvalue weighted by molar-refractivity contribution is 0.0746. The highest BCUT2D eigenvalue weighted by molar-refractivity contribution is 7.26. The maximum absolute atomic E-state index is 12.7. The monoisotopic (exact) mass is 379 g/mol. The number of hydrogen-bond acceptors (Lipinski definition) is 5. The molecule has 1 amide bonds. The van der Waals surface area contributed by atoms with E-state index in [0.29, 0.717) is 6.54 Å². The van der Waals surface area contributed by atoms with Crippen LogP contribution in [0.2, 0.25) is 0 Å². The van der Waals surface area contributed by atoms with Crippen molar-refractivity contribution < 1.29 is 4.79 Å². The number of para-hydroxylation sites is 1. The summed E-state index contributed by atoms with van der Waals surface area (Å²) in [6, 6.07) is 12.2. The number of amides is 1. The van der Waals surface area contributed by atoms with Crippen LogP contribution in [0, 0.1) is 0 Å². The molecule has 4 nitrogen and oxygen atoms in total. The Morgan fingerprint density at radius 3 is 2.88 bits per heavy atom. The van der Waals surface area contributed by atoms with E-state index in [1.807, 2.05) is 35.2 Å². The van der Waals surface area contributed by atoms with Gasteiger partial charge < -0.3 is 10.6 Å². The van der Waals surface area contributed by atoms with Crippen molar-refractivity contribution in [3.05, 3.63) is 41.3 Å². The molecule has 0 radical (unpaired) electrons. The number of benzene rings is 1. The van der Waals surface area contributed by atoms with Crippen LogP contribution in [0.5, 0.6) is 0 Å². The van der Waals surface area contributed by atoms with Gasteiger partial charge in [0, 0.05) is 19.1 Å². The van der Waals surface area contributed by atoms with Gasteiger partial charge in [-0.05, 0) is 37.1 Å². The lowest BCUT2D eigenvalue weighted by Gasteiger charge is -2.22. The van der Waals surface area contributed by atoms with Gasteiger partial charge in [0.05, 0.1) is 20.0 Å². The van der Waals surface area contributed by atoms with E-state index >= 15 is 0 Å². The molecular formula is C17H18ClN3OS2. The minimum atomic E-state index is 0. The predicted molar refractivity (Wildman–Crippen MR) is 103 cm³/mol. The minimum Gasteiger partial charge on any atom is -0.334 e. The molecule has 1 fully saturated rings. The molecule has 0 spiro atoms. The van der Waals surface area contributed by atoms with Crippen molar-refractivity contribution in [1.29, 1.82) is 0 Å². The van der Waals surface area contributed by atoms with Crippen molar-refractivity contribution in [2.45, 2.75) is 18.9 Å². The Morgan fingerprint density at radius 2 is 2.08 bits per heavy atom. The zero-order valence-corrected chi connectivity index (χ0v) is 15.4. The van der Waals surface area contributed by atoms with Crippen LogP contribution >= 0.6 is 35.1 Å². The highest BCUT2D eigenvalue weighted by Gasteiger charge is 2.29. The summed E-state index contributed by atoms with van der Waals surface area (Å²) in [4.78, 5) is 21.1. The first-order valence-corrected chi connectivity index (χ1v) is 9.36. The fraction of sp³-hybridized carbons (Fsp3) is 0.294. The van der Waals surface area contributed by atoms with E-state index in [4.69, 9.17) is 5.73 Å². The average molecular weight is 380 g/mol. The second kappa shape index (κ2) is 7.19. The number of likely N-dealkylation sites (tertiary alicyclic amines) is 1. The molecule has 1 aromatic carbocycles. The summed E-state index contributed by atoms with van der Waals surface area (Å²) in [7, 11) is 0. The number of thiophene rings is 1. The first kappa shape index (κ1) is 17.4. The standard InChI is InChI=1S/C17H17N3OS2.ClH/c18-10-11-4-3-9-20(11)17(21)15-8-7-14(22-15)16-19-12-5-1-2-6-13(12)23-16;/h1-2,5-8,11H,3-4,9-10,18H2;1H. The van der Waals surface area contributed by atoms with E-state index in [9.17, 15) is 4.79 Å². The normalized spacial score (nSPS) is 17.2. The minimum absolute atomic E-state index is 0. The topological polar surface area (TPSA) is 59.2 Å². The van der Waals surface area contributed by atoms with E-state index < -0.39 is 0 Å². The lowest BCUT2D eigenvalue weighted by atomic mass is 10.2. The molecule has 1 saturated heterocycles. The number of carbonyl (C=O) groups excluding carboxylic acids is 1. The SMILES string of the molecule is Cl.NCC1CCCN1C(=O)c1ccc(-c2nc3ccccc3s2)s1. The first-order valence-electron chi connectivity index (χ1n) is 7.73. The van der Waals surface area contributed by atoms with Gasteiger partial charge in [-0.15, -0.1) is 35.1 Å². The van der Waals surface area contributed by atoms with Crippen LogP contribution < -0.4 is 5.73 Å². The molecule has 2 aromatic heterocycles. The van der Waals surface area contributed by atoms with Gasteiger partial charge in [-0.1, -0.05) is 12.1 Å². The molecule has 4 rings (SSSR count). The smallest absolute Gasteiger partial charge is 0.264 e. The Morgan fingerprint density at radius 1 is 1.25 bits per heavy atom. The lowest BCUT2D eigenvalue weighted by Crippen LogP contribution is -2.39. The predicted octanol–water partition coefficient (Wildman–Crippen LogP) is 4.01. The molecule has 0 aliphatic carbocycles. The Balaban J connectivity index is 0.00000169. The van der Waals surface area contributed by atoms with Gasteiger partial charge in [-0.3, -0.25) is 4.79 Å². The Labute approximate surface area is 154 Å². The molecule has 1 unspecified atom stereocenters.